The average Bonchev–Trinajstić information content (AvgIpc) is 3.21. The molecule has 0 unspecified atom stereocenters. The Morgan fingerprint density at radius 2 is 1.95 bits per heavy atom. The molecule has 2 fully saturated rings. The van der Waals surface area contributed by atoms with Crippen LogP contribution < -0.4 is 5.32 Å². The minimum atomic E-state index is -0.515. The van der Waals surface area contributed by atoms with Crippen LogP contribution in [0.15, 0.2) is 18.2 Å². The van der Waals surface area contributed by atoms with Crippen molar-refractivity contribution in [3.8, 4) is 0 Å². The Hall–Kier alpha value is -1.00. The van der Waals surface area contributed by atoms with Gasteiger partial charge in [0, 0.05) is 37.3 Å². The van der Waals surface area contributed by atoms with Crippen LogP contribution in [-0.2, 0) is 10.2 Å². The highest BCUT2D eigenvalue weighted by Gasteiger charge is 2.38. The second-order valence-electron chi connectivity index (χ2n) is 5.67. The molecule has 2 aliphatic rings. The lowest BCUT2D eigenvalue weighted by Crippen LogP contribution is -2.44. The number of rotatable bonds is 4. The minimum absolute atomic E-state index is 0.251. The molecule has 1 aromatic rings. The second kappa shape index (κ2) is 5.17. The fourth-order valence-electron chi connectivity index (χ4n) is 2.85. The van der Waals surface area contributed by atoms with E-state index in [1.807, 2.05) is 0 Å². The van der Waals surface area contributed by atoms with Gasteiger partial charge in [0.05, 0.1) is 0 Å². The van der Waals surface area contributed by atoms with Gasteiger partial charge in [0.1, 0.15) is 11.6 Å². The molecule has 1 aliphatic carbocycles. The third kappa shape index (κ3) is 2.79. The summed E-state index contributed by atoms with van der Waals surface area (Å²) in [4.78, 5) is 0. The molecule has 1 aliphatic heterocycles. The first kappa shape index (κ1) is 13.0. The van der Waals surface area contributed by atoms with E-state index in [-0.39, 0.29) is 5.41 Å². The Morgan fingerprint density at radius 1 is 1.21 bits per heavy atom. The zero-order valence-corrected chi connectivity index (χ0v) is 10.9. The molecule has 1 aromatic carbocycles. The maximum Gasteiger partial charge on any atom is 0.129 e. The fraction of sp³-hybridized carbons (Fsp3) is 0.600. The zero-order valence-electron chi connectivity index (χ0n) is 10.9. The Kier molecular flexibility index (Phi) is 3.54. The van der Waals surface area contributed by atoms with Crippen molar-refractivity contribution < 1.29 is 13.5 Å². The molecule has 0 radical (unpaired) electrons. The molecule has 1 N–H and O–H groups in total. The first-order valence-corrected chi connectivity index (χ1v) is 6.96. The normalized spacial score (nSPS) is 22.4. The van der Waals surface area contributed by atoms with E-state index in [2.05, 4.69) is 5.32 Å². The van der Waals surface area contributed by atoms with E-state index >= 15 is 0 Å². The van der Waals surface area contributed by atoms with Gasteiger partial charge in [-0.3, -0.25) is 0 Å². The van der Waals surface area contributed by atoms with Crippen LogP contribution in [0, 0.1) is 11.6 Å². The van der Waals surface area contributed by atoms with Crippen molar-refractivity contribution in [1.82, 2.24) is 5.32 Å². The molecular formula is C15H19F2NO. The van der Waals surface area contributed by atoms with E-state index in [9.17, 15) is 8.78 Å². The average molecular weight is 267 g/mol. The SMILES string of the molecule is Fc1ccc(C2(CNC3CC3)CCOCC2)c(F)c1. The van der Waals surface area contributed by atoms with Crippen LogP contribution in [0.2, 0.25) is 0 Å². The summed E-state index contributed by atoms with van der Waals surface area (Å²) in [6.07, 6.45) is 3.99. The molecule has 0 bridgehead atoms. The molecule has 2 nitrogen and oxygen atoms in total. The molecule has 1 saturated carbocycles. The standard InChI is InChI=1S/C15H19F2NO/c16-11-1-4-13(14(17)9-11)15(5-7-19-8-6-15)10-18-12-2-3-12/h1,4,9,12,18H,2-3,5-8,10H2. The Labute approximate surface area is 112 Å². The monoisotopic (exact) mass is 267 g/mol. The van der Waals surface area contributed by atoms with E-state index < -0.39 is 11.6 Å². The number of hydrogen-bond acceptors (Lipinski definition) is 2. The highest BCUT2D eigenvalue weighted by Crippen LogP contribution is 2.37. The summed E-state index contributed by atoms with van der Waals surface area (Å²) in [6, 6.07) is 4.53. The number of ether oxygens (including phenoxy) is 1. The molecular weight excluding hydrogens is 248 g/mol. The smallest absolute Gasteiger partial charge is 0.129 e. The van der Waals surface area contributed by atoms with Gasteiger partial charge in [0.25, 0.3) is 0 Å². The van der Waals surface area contributed by atoms with E-state index in [1.165, 1.54) is 18.9 Å². The predicted molar refractivity (Wildman–Crippen MR) is 69.1 cm³/mol. The molecule has 0 amide bonds. The number of nitrogens with one attached hydrogen (secondary N) is 1. The van der Waals surface area contributed by atoms with Crippen molar-refractivity contribution in [2.45, 2.75) is 37.1 Å². The third-order valence-electron chi connectivity index (χ3n) is 4.26. The fourth-order valence-corrected chi connectivity index (χ4v) is 2.85. The highest BCUT2D eigenvalue weighted by atomic mass is 19.1. The largest absolute Gasteiger partial charge is 0.381 e. The van der Waals surface area contributed by atoms with Crippen molar-refractivity contribution in [1.29, 1.82) is 0 Å². The Balaban J connectivity index is 1.87. The first-order chi connectivity index (χ1) is 9.20. The molecule has 3 rings (SSSR count). The summed E-state index contributed by atoms with van der Waals surface area (Å²) < 4.78 is 32.6. The van der Waals surface area contributed by atoms with Crippen LogP contribution in [0.3, 0.4) is 0 Å². The zero-order chi connectivity index (χ0) is 13.3. The van der Waals surface area contributed by atoms with E-state index in [0.29, 0.717) is 24.8 Å². The summed E-state index contributed by atoms with van der Waals surface area (Å²) in [5.74, 6) is -0.946. The lowest BCUT2D eigenvalue weighted by Gasteiger charge is -2.38. The van der Waals surface area contributed by atoms with Crippen molar-refractivity contribution in [3.05, 3.63) is 35.4 Å². The maximum absolute atomic E-state index is 14.1. The minimum Gasteiger partial charge on any atom is -0.381 e. The number of benzene rings is 1. The topological polar surface area (TPSA) is 21.3 Å². The molecule has 0 spiro atoms. The van der Waals surface area contributed by atoms with Gasteiger partial charge in [0.2, 0.25) is 0 Å². The van der Waals surface area contributed by atoms with Crippen LogP contribution in [0.5, 0.6) is 0 Å². The number of halogens is 2. The predicted octanol–water partition coefficient (Wildman–Crippen LogP) is 2.77. The molecule has 19 heavy (non-hydrogen) atoms. The summed E-state index contributed by atoms with van der Waals surface area (Å²) in [5.41, 5.74) is 0.379. The van der Waals surface area contributed by atoms with Gasteiger partial charge in [-0.15, -0.1) is 0 Å². The van der Waals surface area contributed by atoms with Crippen molar-refractivity contribution >= 4 is 0 Å². The molecule has 104 valence electrons. The summed E-state index contributed by atoms with van der Waals surface area (Å²) in [5, 5.41) is 3.49. The van der Waals surface area contributed by atoms with Gasteiger partial charge in [-0.05, 0) is 37.3 Å². The van der Waals surface area contributed by atoms with Gasteiger partial charge in [-0.1, -0.05) is 6.07 Å². The second-order valence-corrected chi connectivity index (χ2v) is 5.67. The van der Waals surface area contributed by atoms with Gasteiger partial charge >= 0.3 is 0 Å². The van der Waals surface area contributed by atoms with Crippen LogP contribution in [0.4, 0.5) is 8.78 Å². The van der Waals surface area contributed by atoms with Gasteiger partial charge in [0.15, 0.2) is 0 Å². The van der Waals surface area contributed by atoms with Gasteiger partial charge in [-0.25, -0.2) is 8.78 Å². The van der Waals surface area contributed by atoms with Crippen molar-refractivity contribution in [2.24, 2.45) is 0 Å². The summed E-state index contributed by atoms with van der Waals surface area (Å²) >= 11 is 0. The van der Waals surface area contributed by atoms with E-state index in [4.69, 9.17) is 4.74 Å². The Bertz CT molecular complexity index is 453. The first-order valence-electron chi connectivity index (χ1n) is 6.96. The summed E-state index contributed by atoms with van der Waals surface area (Å²) in [6.45, 7) is 2.04. The van der Waals surface area contributed by atoms with Crippen LogP contribution in [0.1, 0.15) is 31.2 Å². The lowest BCUT2D eigenvalue weighted by molar-refractivity contribution is 0.0485. The third-order valence-corrected chi connectivity index (χ3v) is 4.26. The summed E-state index contributed by atoms with van der Waals surface area (Å²) in [7, 11) is 0. The van der Waals surface area contributed by atoms with Gasteiger partial charge in [-0.2, -0.15) is 0 Å². The van der Waals surface area contributed by atoms with Crippen LogP contribution in [-0.4, -0.2) is 25.8 Å². The molecule has 4 heteroatoms. The van der Waals surface area contributed by atoms with E-state index in [0.717, 1.165) is 25.5 Å². The highest BCUT2D eigenvalue weighted by molar-refractivity contribution is 5.29. The quantitative estimate of drug-likeness (QED) is 0.905. The lowest BCUT2D eigenvalue weighted by atomic mass is 9.73. The van der Waals surface area contributed by atoms with Crippen LogP contribution in [0.25, 0.3) is 0 Å². The molecule has 1 saturated heterocycles. The van der Waals surface area contributed by atoms with Crippen molar-refractivity contribution in [3.63, 3.8) is 0 Å². The van der Waals surface area contributed by atoms with Crippen molar-refractivity contribution in [2.75, 3.05) is 19.8 Å². The number of hydrogen-bond donors (Lipinski definition) is 1. The maximum atomic E-state index is 14.1. The molecule has 0 atom stereocenters. The van der Waals surface area contributed by atoms with Gasteiger partial charge < -0.3 is 10.1 Å². The molecule has 1 heterocycles. The molecule has 0 aromatic heterocycles. The Morgan fingerprint density at radius 3 is 2.58 bits per heavy atom. The van der Waals surface area contributed by atoms with Crippen LogP contribution >= 0.6 is 0 Å². The van der Waals surface area contributed by atoms with E-state index in [1.54, 1.807) is 6.07 Å².